The second-order valence-electron chi connectivity index (χ2n) is 6.27. The van der Waals surface area contributed by atoms with Gasteiger partial charge in [0.05, 0.1) is 5.52 Å². The first-order valence-electron chi connectivity index (χ1n) is 7.46. The highest BCUT2D eigenvalue weighted by molar-refractivity contribution is 5.94. The van der Waals surface area contributed by atoms with Crippen molar-refractivity contribution in [2.45, 2.75) is 45.6 Å². The fourth-order valence-electron chi connectivity index (χ4n) is 3.45. The molecular weight excluding hydrogens is 285 g/mol. The van der Waals surface area contributed by atoms with Crippen LogP contribution in [0.25, 0.3) is 10.9 Å². The van der Waals surface area contributed by atoms with Gasteiger partial charge in [-0.15, -0.1) is 0 Å². The summed E-state index contributed by atoms with van der Waals surface area (Å²) in [5.41, 5.74) is 1.26. The second-order valence-corrected chi connectivity index (χ2v) is 6.27. The van der Waals surface area contributed by atoms with Crippen LogP contribution in [0.5, 0.6) is 0 Å². The largest absolute Gasteiger partial charge is 0.477 e. The minimum Gasteiger partial charge on any atom is -0.477 e. The van der Waals surface area contributed by atoms with Crippen molar-refractivity contribution in [2.24, 2.45) is 0 Å². The third-order valence-corrected chi connectivity index (χ3v) is 4.50. The van der Waals surface area contributed by atoms with Crippen molar-refractivity contribution < 1.29 is 14.3 Å². The maximum atomic E-state index is 14.5. The summed E-state index contributed by atoms with van der Waals surface area (Å²) in [6.45, 7) is 5.83. The Bertz CT molecular complexity index is 851. The van der Waals surface area contributed by atoms with Crippen LogP contribution < -0.4 is 5.43 Å². The molecule has 1 atom stereocenters. The average Bonchev–Trinajstić information content (AvgIpc) is 2.43. The molecule has 0 saturated carbocycles. The Morgan fingerprint density at radius 3 is 2.73 bits per heavy atom. The summed E-state index contributed by atoms with van der Waals surface area (Å²) in [6.07, 6.45) is 2.91. The lowest BCUT2D eigenvalue weighted by Crippen LogP contribution is -2.25. The molecule has 2 aromatic rings. The molecule has 1 aliphatic rings. The number of aromatic nitrogens is 1. The number of aromatic carboxylic acids is 1. The molecule has 0 amide bonds. The summed E-state index contributed by atoms with van der Waals surface area (Å²) >= 11 is 0. The zero-order valence-corrected chi connectivity index (χ0v) is 12.8. The molecule has 22 heavy (non-hydrogen) atoms. The van der Waals surface area contributed by atoms with E-state index in [1.165, 1.54) is 12.3 Å². The Morgan fingerprint density at radius 1 is 1.45 bits per heavy atom. The quantitative estimate of drug-likeness (QED) is 0.924. The van der Waals surface area contributed by atoms with Crippen LogP contribution >= 0.6 is 0 Å². The second kappa shape index (κ2) is 4.93. The minimum absolute atomic E-state index is 0.00973. The lowest BCUT2D eigenvalue weighted by molar-refractivity contribution is 0.0694. The molecule has 5 heteroatoms. The Labute approximate surface area is 127 Å². The van der Waals surface area contributed by atoms with E-state index in [-0.39, 0.29) is 22.9 Å². The van der Waals surface area contributed by atoms with Crippen LogP contribution in [-0.2, 0) is 6.42 Å². The molecule has 116 valence electrons. The van der Waals surface area contributed by atoms with Gasteiger partial charge in [0, 0.05) is 17.6 Å². The number of hydrogen-bond donors (Lipinski definition) is 1. The first kappa shape index (κ1) is 14.8. The highest BCUT2D eigenvalue weighted by Gasteiger charge is 2.27. The third kappa shape index (κ3) is 1.95. The van der Waals surface area contributed by atoms with Crippen molar-refractivity contribution in [3.63, 3.8) is 0 Å². The van der Waals surface area contributed by atoms with E-state index in [2.05, 4.69) is 0 Å². The molecule has 1 aliphatic heterocycles. The van der Waals surface area contributed by atoms with Crippen LogP contribution in [0.3, 0.4) is 0 Å². The van der Waals surface area contributed by atoms with E-state index < -0.39 is 17.2 Å². The maximum Gasteiger partial charge on any atom is 0.341 e. The predicted molar refractivity (Wildman–Crippen MR) is 82.2 cm³/mol. The van der Waals surface area contributed by atoms with E-state index in [0.717, 1.165) is 12.0 Å². The van der Waals surface area contributed by atoms with Gasteiger partial charge in [-0.05, 0) is 42.9 Å². The predicted octanol–water partition coefficient (Wildman–Crippen LogP) is 3.47. The SMILES string of the molecule is CC(C)c1c(F)cc2c(=O)c(C(=O)O)cn3c2c1CC[C@@H]3C. The highest BCUT2D eigenvalue weighted by atomic mass is 19.1. The molecule has 1 aromatic heterocycles. The van der Waals surface area contributed by atoms with Crippen LogP contribution in [0.4, 0.5) is 4.39 Å². The van der Waals surface area contributed by atoms with Crippen molar-refractivity contribution >= 4 is 16.9 Å². The van der Waals surface area contributed by atoms with E-state index in [9.17, 15) is 19.1 Å². The zero-order valence-electron chi connectivity index (χ0n) is 12.8. The Kier molecular flexibility index (Phi) is 3.31. The first-order valence-corrected chi connectivity index (χ1v) is 7.46. The van der Waals surface area contributed by atoms with Gasteiger partial charge in [-0.2, -0.15) is 0 Å². The van der Waals surface area contributed by atoms with Gasteiger partial charge in [0.1, 0.15) is 11.4 Å². The van der Waals surface area contributed by atoms with E-state index in [0.29, 0.717) is 17.5 Å². The number of carbonyl (C=O) groups is 1. The summed E-state index contributed by atoms with van der Waals surface area (Å²) in [6, 6.07) is 1.29. The molecule has 0 bridgehead atoms. The highest BCUT2D eigenvalue weighted by Crippen LogP contribution is 2.36. The van der Waals surface area contributed by atoms with Gasteiger partial charge >= 0.3 is 5.97 Å². The fourth-order valence-corrected chi connectivity index (χ4v) is 3.45. The molecule has 0 fully saturated rings. The smallest absolute Gasteiger partial charge is 0.341 e. The van der Waals surface area contributed by atoms with E-state index in [4.69, 9.17) is 0 Å². The van der Waals surface area contributed by atoms with Crippen molar-refractivity contribution in [3.8, 4) is 0 Å². The summed E-state index contributed by atoms with van der Waals surface area (Å²) < 4.78 is 16.3. The molecule has 3 rings (SSSR count). The zero-order chi connectivity index (χ0) is 16.2. The van der Waals surface area contributed by atoms with Crippen molar-refractivity contribution in [1.29, 1.82) is 0 Å². The number of rotatable bonds is 2. The Morgan fingerprint density at radius 2 is 2.14 bits per heavy atom. The number of nitrogens with zero attached hydrogens (tertiary/aromatic N) is 1. The van der Waals surface area contributed by atoms with Gasteiger partial charge in [0.15, 0.2) is 0 Å². The lowest BCUT2D eigenvalue weighted by Gasteiger charge is -2.29. The first-order chi connectivity index (χ1) is 10.3. The van der Waals surface area contributed by atoms with E-state index in [1.807, 2.05) is 25.3 Å². The van der Waals surface area contributed by atoms with Crippen molar-refractivity contribution in [3.05, 3.63) is 45.0 Å². The number of benzene rings is 1. The van der Waals surface area contributed by atoms with Gasteiger partial charge in [-0.3, -0.25) is 4.79 Å². The summed E-state index contributed by atoms with van der Waals surface area (Å²) in [5.74, 6) is -1.68. The molecule has 1 N–H and O–H groups in total. The lowest BCUT2D eigenvalue weighted by atomic mass is 9.87. The minimum atomic E-state index is -1.27. The molecule has 0 saturated heterocycles. The topological polar surface area (TPSA) is 59.3 Å². The van der Waals surface area contributed by atoms with Gasteiger partial charge in [-0.25, -0.2) is 9.18 Å². The van der Waals surface area contributed by atoms with Gasteiger partial charge < -0.3 is 9.67 Å². The van der Waals surface area contributed by atoms with E-state index in [1.54, 1.807) is 0 Å². The van der Waals surface area contributed by atoms with Gasteiger partial charge in [0.2, 0.25) is 5.43 Å². The summed E-state index contributed by atoms with van der Waals surface area (Å²) in [5, 5.41) is 9.39. The summed E-state index contributed by atoms with van der Waals surface area (Å²) in [4.78, 5) is 23.7. The molecule has 2 heterocycles. The van der Waals surface area contributed by atoms with E-state index >= 15 is 0 Å². The standard InChI is InChI=1S/C17H18FNO3/c1-8(2)14-10-5-4-9(3)19-7-12(17(21)22)16(20)11(15(10)19)6-13(14)18/h6-9H,4-5H2,1-3H3,(H,21,22)/t9-/m0/s1. The van der Waals surface area contributed by atoms with Crippen LogP contribution in [0.2, 0.25) is 0 Å². The molecular formula is C17H18FNO3. The van der Waals surface area contributed by atoms with Gasteiger partial charge in [0.25, 0.3) is 0 Å². The number of pyridine rings is 1. The van der Waals surface area contributed by atoms with Crippen LogP contribution in [0, 0.1) is 5.82 Å². The monoisotopic (exact) mass is 303 g/mol. The number of hydrogen-bond acceptors (Lipinski definition) is 2. The Balaban J connectivity index is 2.54. The number of carboxylic acids is 1. The van der Waals surface area contributed by atoms with Crippen LogP contribution in [-0.4, -0.2) is 15.6 Å². The molecule has 0 unspecified atom stereocenters. The molecule has 0 spiro atoms. The number of aryl methyl sites for hydroxylation is 1. The number of carboxylic acid groups (broad SMARTS) is 1. The summed E-state index contributed by atoms with van der Waals surface area (Å²) in [7, 11) is 0. The average molecular weight is 303 g/mol. The van der Waals surface area contributed by atoms with Crippen LogP contribution in [0.15, 0.2) is 17.1 Å². The normalized spacial score (nSPS) is 17.2. The molecule has 0 radical (unpaired) electrons. The van der Waals surface area contributed by atoms with Gasteiger partial charge in [-0.1, -0.05) is 13.8 Å². The number of halogens is 1. The molecule has 4 nitrogen and oxygen atoms in total. The molecule has 1 aromatic carbocycles. The van der Waals surface area contributed by atoms with Crippen molar-refractivity contribution in [2.75, 3.05) is 0 Å². The maximum absolute atomic E-state index is 14.5. The van der Waals surface area contributed by atoms with Crippen LogP contribution in [0.1, 0.15) is 60.6 Å². The fraction of sp³-hybridized carbons (Fsp3) is 0.412. The van der Waals surface area contributed by atoms with Crippen molar-refractivity contribution in [1.82, 2.24) is 4.57 Å². The third-order valence-electron chi connectivity index (χ3n) is 4.50. The Hall–Kier alpha value is -2.17. The molecule has 0 aliphatic carbocycles.